The van der Waals surface area contributed by atoms with Gasteiger partial charge in [0.05, 0.1) is 11.4 Å². The number of imide groups is 1. The molecule has 10 heteroatoms. The molecule has 2 N–H and O–H groups in total. The Balaban J connectivity index is 1.65. The number of rotatable bonds is 6. The van der Waals surface area contributed by atoms with Gasteiger partial charge in [0.1, 0.15) is 5.56 Å². The van der Waals surface area contributed by atoms with Gasteiger partial charge in [0, 0.05) is 18.8 Å². The summed E-state index contributed by atoms with van der Waals surface area (Å²) in [7, 11) is 0. The molecule has 3 heterocycles. The molecule has 0 saturated heterocycles. The second-order valence-electron chi connectivity index (χ2n) is 7.65. The van der Waals surface area contributed by atoms with Crippen LogP contribution in [0, 0.1) is 0 Å². The van der Waals surface area contributed by atoms with Crippen molar-refractivity contribution in [2.24, 2.45) is 0 Å². The third-order valence-electron chi connectivity index (χ3n) is 5.29. The Kier molecular flexibility index (Phi) is 6.89. The molecule has 0 spiro atoms. The van der Waals surface area contributed by atoms with Crippen LogP contribution in [0.15, 0.2) is 40.3 Å². The first-order valence-corrected chi connectivity index (χ1v) is 11.9. The largest absolute Gasteiger partial charge is 0.338 e. The average molecular weight is 455 g/mol. The summed E-state index contributed by atoms with van der Waals surface area (Å²) in [5.41, 5.74) is 1.98. The van der Waals surface area contributed by atoms with Gasteiger partial charge in [-0.1, -0.05) is 43.3 Å². The molecule has 9 nitrogen and oxygen atoms in total. The van der Waals surface area contributed by atoms with Crippen LogP contribution in [-0.2, 0) is 17.8 Å². The highest BCUT2D eigenvalue weighted by Gasteiger charge is 2.27. The fraction of sp³-hybridized carbons (Fsp3) is 0.409. The Morgan fingerprint density at radius 3 is 2.75 bits per heavy atom. The van der Waals surface area contributed by atoms with Crippen LogP contribution >= 0.6 is 11.8 Å². The van der Waals surface area contributed by atoms with E-state index in [0.29, 0.717) is 28.8 Å². The molecule has 0 atom stereocenters. The fourth-order valence-corrected chi connectivity index (χ4v) is 4.62. The summed E-state index contributed by atoms with van der Waals surface area (Å²) in [6.07, 6.45) is 4.57. The quantitative estimate of drug-likeness (QED) is 0.438. The molecule has 0 unspecified atom stereocenters. The molecule has 0 aliphatic carbocycles. The van der Waals surface area contributed by atoms with Crippen molar-refractivity contribution in [3.8, 4) is 17.1 Å². The monoisotopic (exact) mass is 454 g/mol. The van der Waals surface area contributed by atoms with E-state index < -0.39 is 11.9 Å². The van der Waals surface area contributed by atoms with Crippen LogP contribution in [-0.4, -0.2) is 43.6 Å². The molecular weight excluding hydrogens is 428 g/mol. The second kappa shape index (κ2) is 9.99. The number of benzene rings is 1. The minimum absolute atomic E-state index is 0.0428. The van der Waals surface area contributed by atoms with Crippen molar-refractivity contribution in [2.75, 3.05) is 12.3 Å². The summed E-state index contributed by atoms with van der Waals surface area (Å²) in [4.78, 5) is 41.8. The lowest BCUT2D eigenvalue weighted by molar-refractivity contribution is -0.117. The number of nitrogens with zero attached hydrogens (tertiary/aromatic N) is 4. The van der Waals surface area contributed by atoms with E-state index in [2.05, 4.69) is 20.7 Å². The maximum atomic E-state index is 13.2. The van der Waals surface area contributed by atoms with E-state index in [-0.39, 0.29) is 11.3 Å². The van der Waals surface area contributed by atoms with E-state index >= 15 is 0 Å². The molecular formula is C22H26N6O3S. The maximum absolute atomic E-state index is 13.2. The van der Waals surface area contributed by atoms with Gasteiger partial charge in [0.25, 0.3) is 5.56 Å². The van der Waals surface area contributed by atoms with Gasteiger partial charge >= 0.3 is 6.03 Å². The van der Waals surface area contributed by atoms with Crippen LogP contribution < -0.4 is 16.2 Å². The van der Waals surface area contributed by atoms with Crippen molar-refractivity contribution in [3.63, 3.8) is 0 Å². The van der Waals surface area contributed by atoms with Gasteiger partial charge in [-0.15, -0.1) is 5.10 Å². The molecule has 0 saturated carbocycles. The smallest absolute Gasteiger partial charge is 0.321 e. The minimum atomic E-state index is -0.495. The van der Waals surface area contributed by atoms with Gasteiger partial charge in [-0.25, -0.2) is 9.78 Å². The Morgan fingerprint density at radius 1 is 1.16 bits per heavy atom. The van der Waals surface area contributed by atoms with E-state index in [1.807, 2.05) is 41.8 Å². The van der Waals surface area contributed by atoms with Crippen LogP contribution in [0.25, 0.3) is 17.1 Å². The lowest BCUT2D eigenvalue weighted by Crippen LogP contribution is -2.40. The number of hydrogen-bond donors (Lipinski definition) is 2. The highest BCUT2D eigenvalue weighted by Crippen LogP contribution is 2.30. The van der Waals surface area contributed by atoms with Crippen molar-refractivity contribution >= 4 is 23.7 Å². The van der Waals surface area contributed by atoms with Gasteiger partial charge in [-0.05, 0) is 37.8 Å². The van der Waals surface area contributed by atoms with Gasteiger partial charge in [-0.3, -0.25) is 14.9 Å². The first kappa shape index (κ1) is 22.1. The first-order valence-electron chi connectivity index (χ1n) is 10.9. The highest BCUT2D eigenvalue weighted by atomic mass is 32.2. The van der Waals surface area contributed by atoms with Crippen LogP contribution in [0.3, 0.4) is 0 Å². The number of carbonyl (C=O) groups excluding carboxylic acids is 2. The molecule has 1 aromatic rings. The number of hydrogen-bond acceptors (Lipinski definition) is 6. The summed E-state index contributed by atoms with van der Waals surface area (Å²) >= 11 is 1.25. The molecule has 1 aromatic carbocycles. The fourth-order valence-electron chi connectivity index (χ4n) is 3.78. The van der Waals surface area contributed by atoms with Gasteiger partial charge < -0.3 is 9.88 Å². The molecule has 0 radical (unpaired) electrons. The molecule has 4 rings (SSSR count). The van der Waals surface area contributed by atoms with Gasteiger partial charge in [0.2, 0.25) is 5.91 Å². The number of para-hydroxylation sites is 1. The van der Waals surface area contributed by atoms with Gasteiger partial charge in [0.15, 0.2) is 11.0 Å². The Morgan fingerprint density at radius 2 is 1.97 bits per heavy atom. The van der Waals surface area contributed by atoms with Crippen LogP contribution in [0.1, 0.15) is 38.3 Å². The maximum Gasteiger partial charge on any atom is 0.321 e. The molecule has 3 aliphatic heterocycles. The zero-order chi connectivity index (χ0) is 22.5. The highest BCUT2D eigenvalue weighted by molar-refractivity contribution is 7.99. The van der Waals surface area contributed by atoms with E-state index in [0.717, 1.165) is 44.3 Å². The number of aromatic nitrogens is 4. The van der Waals surface area contributed by atoms with Crippen molar-refractivity contribution in [1.82, 2.24) is 30.0 Å². The van der Waals surface area contributed by atoms with E-state index in [4.69, 9.17) is 0 Å². The second-order valence-corrected chi connectivity index (χ2v) is 8.59. The number of fused-ring (bicyclic) bond motifs is 3. The van der Waals surface area contributed by atoms with Crippen molar-refractivity contribution in [1.29, 1.82) is 0 Å². The lowest BCUT2D eigenvalue weighted by Gasteiger charge is -2.17. The summed E-state index contributed by atoms with van der Waals surface area (Å²) < 4.78 is 3.44. The first-order chi connectivity index (χ1) is 15.6. The summed E-state index contributed by atoms with van der Waals surface area (Å²) in [6.45, 7) is 3.18. The SMILES string of the molecule is CCCNC(=O)NC(=O)CSc1nc2nn(-c3ccccc3)c(=O)c-2c2n1CCCCC2. The molecule has 32 heavy (non-hydrogen) atoms. The zero-order valence-electron chi connectivity index (χ0n) is 18.0. The number of carbonyl (C=O) groups is 2. The number of amides is 3. The standard InChI is InChI=1S/C22H26N6O3S/c1-2-12-23-21(31)24-17(29)14-32-22-25-19-18(16-11-7-4-8-13-27(16)22)20(30)28(26-19)15-9-5-3-6-10-15/h3,5-6,9-10H,2,4,7-8,11-14H2,1H3,(H2,23,24,29,31). The number of thioether (sulfide) groups is 1. The van der Waals surface area contributed by atoms with E-state index in [1.54, 1.807) is 0 Å². The van der Waals surface area contributed by atoms with Crippen LogP contribution in [0.2, 0.25) is 0 Å². The van der Waals surface area contributed by atoms with Crippen molar-refractivity contribution in [3.05, 3.63) is 46.4 Å². The molecule has 168 valence electrons. The molecule has 0 fully saturated rings. The van der Waals surface area contributed by atoms with Crippen LogP contribution in [0.4, 0.5) is 4.79 Å². The Bertz CT molecular complexity index is 1140. The minimum Gasteiger partial charge on any atom is -0.338 e. The number of urea groups is 1. The normalized spacial score (nSPS) is 13.4. The molecule has 0 aromatic heterocycles. The third kappa shape index (κ3) is 4.69. The van der Waals surface area contributed by atoms with Crippen molar-refractivity contribution in [2.45, 2.75) is 50.7 Å². The van der Waals surface area contributed by atoms with Crippen molar-refractivity contribution < 1.29 is 9.59 Å². The average Bonchev–Trinajstić information content (AvgIpc) is 2.96. The summed E-state index contributed by atoms with van der Waals surface area (Å²) in [6, 6.07) is 8.79. The van der Waals surface area contributed by atoms with Crippen LogP contribution in [0.5, 0.6) is 0 Å². The number of nitrogens with one attached hydrogen (secondary N) is 2. The van der Waals surface area contributed by atoms with E-state index in [9.17, 15) is 14.4 Å². The van der Waals surface area contributed by atoms with E-state index in [1.165, 1.54) is 16.4 Å². The Labute approximate surface area is 189 Å². The van der Waals surface area contributed by atoms with Gasteiger partial charge in [-0.2, -0.15) is 4.68 Å². The Hall–Kier alpha value is -3.14. The lowest BCUT2D eigenvalue weighted by atomic mass is 10.1. The summed E-state index contributed by atoms with van der Waals surface area (Å²) in [5, 5.41) is 10.1. The molecule has 3 aliphatic rings. The summed E-state index contributed by atoms with van der Waals surface area (Å²) in [5.74, 6) is 0.0320. The third-order valence-corrected chi connectivity index (χ3v) is 6.26. The molecule has 0 bridgehead atoms. The topological polar surface area (TPSA) is 111 Å². The molecule has 3 amide bonds. The predicted octanol–water partition coefficient (Wildman–Crippen LogP) is 2.59. The zero-order valence-corrected chi connectivity index (χ0v) is 18.8. The predicted molar refractivity (Wildman–Crippen MR) is 122 cm³/mol.